The fraction of sp³-hybridized carbons (Fsp3) is 0.261. The van der Waals surface area contributed by atoms with Gasteiger partial charge >= 0.3 is 5.69 Å². The number of benzene rings is 2. The average molecular weight is 407 g/mol. The lowest BCUT2D eigenvalue weighted by atomic mass is 10.1. The highest BCUT2D eigenvalue weighted by atomic mass is 16.5. The molecule has 1 heterocycles. The Morgan fingerprint density at radius 3 is 2.53 bits per heavy atom. The first-order valence-electron chi connectivity index (χ1n) is 9.63. The van der Waals surface area contributed by atoms with Crippen molar-refractivity contribution in [1.82, 2.24) is 15.3 Å². The number of aryl methyl sites for hydroxylation is 2. The minimum absolute atomic E-state index is 0.150. The van der Waals surface area contributed by atoms with E-state index in [4.69, 9.17) is 9.47 Å². The molecule has 156 valence electrons. The maximum atomic E-state index is 12.4. The molecule has 0 saturated carbocycles. The number of amides is 1. The van der Waals surface area contributed by atoms with Crippen molar-refractivity contribution in [3.05, 3.63) is 87.1 Å². The van der Waals surface area contributed by atoms with Gasteiger partial charge in [0, 0.05) is 23.5 Å². The van der Waals surface area contributed by atoms with Crippen molar-refractivity contribution in [2.45, 2.75) is 33.4 Å². The van der Waals surface area contributed by atoms with Crippen LogP contribution in [0, 0.1) is 13.8 Å². The van der Waals surface area contributed by atoms with Crippen LogP contribution in [0.5, 0.6) is 11.5 Å². The summed E-state index contributed by atoms with van der Waals surface area (Å²) in [6.07, 6.45) is 0.150. The van der Waals surface area contributed by atoms with Gasteiger partial charge in [0.25, 0.3) is 0 Å². The van der Waals surface area contributed by atoms with Crippen LogP contribution in [0.25, 0.3) is 0 Å². The molecule has 3 rings (SSSR count). The summed E-state index contributed by atoms with van der Waals surface area (Å²) in [7, 11) is 1.59. The largest absolute Gasteiger partial charge is 0.493 e. The van der Waals surface area contributed by atoms with E-state index in [2.05, 4.69) is 15.3 Å². The summed E-state index contributed by atoms with van der Waals surface area (Å²) in [6.45, 7) is 4.28. The quantitative estimate of drug-likeness (QED) is 0.599. The maximum Gasteiger partial charge on any atom is 0.345 e. The monoisotopic (exact) mass is 407 g/mol. The SMILES string of the molecule is COc1cc(CNC(=O)Cc2c(C)nc(=O)[nH]c2C)ccc1OCc1ccccc1. The number of aromatic amines is 1. The van der Waals surface area contributed by atoms with Crippen LogP contribution < -0.4 is 20.5 Å². The first kappa shape index (κ1) is 21.1. The number of H-pyrrole nitrogens is 1. The molecule has 0 aliphatic carbocycles. The molecule has 0 saturated heterocycles. The lowest BCUT2D eigenvalue weighted by molar-refractivity contribution is -0.120. The molecule has 0 unspecified atom stereocenters. The van der Waals surface area contributed by atoms with Gasteiger partial charge < -0.3 is 19.8 Å². The molecule has 1 amide bonds. The van der Waals surface area contributed by atoms with Gasteiger partial charge in [-0.05, 0) is 37.1 Å². The number of nitrogens with one attached hydrogen (secondary N) is 2. The molecule has 0 aliphatic heterocycles. The van der Waals surface area contributed by atoms with E-state index in [0.717, 1.165) is 16.7 Å². The Bertz CT molecular complexity index is 1050. The van der Waals surface area contributed by atoms with E-state index in [0.29, 0.717) is 36.0 Å². The third-order valence-corrected chi connectivity index (χ3v) is 4.75. The number of rotatable bonds is 8. The van der Waals surface area contributed by atoms with Crippen LogP contribution in [0.4, 0.5) is 0 Å². The Kier molecular flexibility index (Phi) is 6.85. The fourth-order valence-electron chi connectivity index (χ4n) is 3.12. The summed E-state index contributed by atoms with van der Waals surface area (Å²) < 4.78 is 11.3. The lowest BCUT2D eigenvalue weighted by Gasteiger charge is -2.13. The zero-order valence-electron chi connectivity index (χ0n) is 17.3. The highest BCUT2D eigenvalue weighted by Crippen LogP contribution is 2.28. The van der Waals surface area contributed by atoms with E-state index in [1.807, 2.05) is 48.5 Å². The van der Waals surface area contributed by atoms with E-state index in [1.165, 1.54) is 0 Å². The molecule has 0 aliphatic rings. The molecule has 0 spiro atoms. The predicted molar refractivity (Wildman–Crippen MR) is 114 cm³/mol. The number of aromatic nitrogens is 2. The molecule has 2 N–H and O–H groups in total. The van der Waals surface area contributed by atoms with Crippen LogP contribution in [-0.2, 0) is 24.4 Å². The van der Waals surface area contributed by atoms with Crippen molar-refractivity contribution in [3.63, 3.8) is 0 Å². The Balaban J connectivity index is 1.60. The summed E-state index contributed by atoms with van der Waals surface area (Å²) >= 11 is 0. The number of nitrogens with zero attached hydrogens (tertiary/aromatic N) is 1. The van der Waals surface area contributed by atoms with Gasteiger partial charge in [-0.3, -0.25) is 4.79 Å². The Hall–Kier alpha value is -3.61. The van der Waals surface area contributed by atoms with Crippen molar-refractivity contribution >= 4 is 5.91 Å². The van der Waals surface area contributed by atoms with Crippen LogP contribution in [0.2, 0.25) is 0 Å². The summed E-state index contributed by atoms with van der Waals surface area (Å²) in [6, 6.07) is 15.5. The van der Waals surface area contributed by atoms with Gasteiger partial charge in [-0.2, -0.15) is 4.98 Å². The smallest absolute Gasteiger partial charge is 0.345 e. The molecule has 2 aromatic carbocycles. The number of carbonyl (C=O) groups excluding carboxylic acids is 1. The zero-order valence-corrected chi connectivity index (χ0v) is 17.3. The van der Waals surface area contributed by atoms with Crippen molar-refractivity contribution in [3.8, 4) is 11.5 Å². The Morgan fingerprint density at radius 1 is 1.07 bits per heavy atom. The van der Waals surface area contributed by atoms with Crippen molar-refractivity contribution in [1.29, 1.82) is 0 Å². The van der Waals surface area contributed by atoms with Gasteiger partial charge in [0.1, 0.15) is 6.61 Å². The van der Waals surface area contributed by atoms with Crippen molar-refractivity contribution < 1.29 is 14.3 Å². The first-order chi connectivity index (χ1) is 14.5. The van der Waals surface area contributed by atoms with E-state index in [1.54, 1.807) is 21.0 Å². The Morgan fingerprint density at radius 2 is 1.83 bits per heavy atom. The maximum absolute atomic E-state index is 12.4. The highest BCUT2D eigenvalue weighted by Gasteiger charge is 2.12. The molecular weight excluding hydrogens is 382 g/mol. The van der Waals surface area contributed by atoms with E-state index >= 15 is 0 Å². The summed E-state index contributed by atoms with van der Waals surface area (Å²) in [5.74, 6) is 1.09. The molecule has 7 nitrogen and oxygen atoms in total. The number of hydrogen-bond donors (Lipinski definition) is 2. The predicted octanol–water partition coefficient (Wildman–Crippen LogP) is 2.83. The van der Waals surface area contributed by atoms with Gasteiger partial charge in [0.2, 0.25) is 5.91 Å². The topological polar surface area (TPSA) is 93.3 Å². The molecule has 0 atom stereocenters. The van der Waals surface area contributed by atoms with Gasteiger partial charge in [0.15, 0.2) is 11.5 Å². The third kappa shape index (κ3) is 5.47. The number of hydrogen-bond acceptors (Lipinski definition) is 5. The highest BCUT2D eigenvalue weighted by molar-refractivity contribution is 5.79. The van der Waals surface area contributed by atoms with Crippen molar-refractivity contribution in [2.75, 3.05) is 7.11 Å². The summed E-state index contributed by atoms with van der Waals surface area (Å²) in [5.41, 5.74) is 3.50. The number of ether oxygens (including phenoxy) is 2. The summed E-state index contributed by atoms with van der Waals surface area (Å²) in [4.78, 5) is 30.2. The fourth-order valence-corrected chi connectivity index (χ4v) is 3.12. The number of methoxy groups -OCH3 is 1. The molecule has 3 aromatic rings. The second-order valence-corrected chi connectivity index (χ2v) is 6.94. The Labute approximate surface area is 175 Å². The van der Waals surface area contributed by atoms with Gasteiger partial charge in [-0.15, -0.1) is 0 Å². The van der Waals surface area contributed by atoms with Crippen LogP contribution >= 0.6 is 0 Å². The molecule has 7 heteroatoms. The normalized spacial score (nSPS) is 10.5. The second kappa shape index (κ2) is 9.73. The molecule has 30 heavy (non-hydrogen) atoms. The average Bonchev–Trinajstić information content (AvgIpc) is 2.74. The van der Waals surface area contributed by atoms with E-state index in [9.17, 15) is 9.59 Å². The van der Waals surface area contributed by atoms with Crippen molar-refractivity contribution in [2.24, 2.45) is 0 Å². The minimum Gasteiger partial charge on any atom is -0.493 e. The van der Waals surface area contributed by atoms with Crippen LogP contribution in [0.3, 0.4) is 0 Å². The van der Waals surface area contributed by atoms with Crippen LogP contribution in [0.1, 0.15) is 28.1 Å². The molecule has 1 aromatic heterocycles. The molecular formula is C23H25N3O4. The van der Waals surface area contributed by atoms with Gasteiger partial charge in [0.05, 0.1) is 13.5 Å². The van der Waals surface area contributed by atoms with Crippen LogP contribution in [0.15, 0.2) is 53.3 Å². The zero-order chi connectivity index (χ0) is 21.5. The molecule has 0 radical (unpaired) electrons. The lowest BCUT2D eigenvalue weighted by Crippen LogP contribution is -2.26. The van der Waals surface area contributed by atoms with Gasteiger partial charge in [-0.1, -0.05) is 36.4 Å². The number of carbonyl (C=O) groups is 1. The van der Waals surface area contributed by atoms with Gasteiger partial charge in [-0.25, -0.2) is 4.79 Å². The molecule has 0 bridgehead atoms. The second-order valence-electron chi connectivity index (χ2n) is 6.94. The first-order valence-corrected chi connectivity index (χ1v) is 9.63. The molecule has 0 fully saturated rings. The standard InChI is InChI=1S/C23H25N3O4/c1-15-19(16(2)26-23(28)25-15)12-22(27)24-13-18-9-10-20(21(11-18)29-3)30-14-17-7-5-4-6-8-17/h4-11H,12-14H2,1-3H3,(H,24,27)(H,25,26,28). The third-order valence-electron chi connectivity index (χ3n) is 4.75. The van der Waals surface area contributed by atoms with E-state index < -0.39 is 5.69 Å². The van der Waals surface area contributed by atoms with Crippen LogP contribution in [-0.4, -0.2) is 23.0 Å². The van der Waals surface area contributed by atoms with E-state index in [-0.39, 0.29) is 12.3 Å². The summed E-state index contributed by atoms with van der Waals surface area (Å²) in [5, 5.41) is 2.89. The minimum atomic E-state index is -0.407.